The van der Waals surface area contributed by atoms with Gasteiger partial charge in [0.25, 0.3) is 5.91 Å². The van der Waals surface area contributed by atoms with Crippen LogP contribution in [0.3, 0.4) is 0 Å². The Balaban J connectivity index is 1.20. The fourth-order valence-electron chi connectivity index (χ4n) is 5.57. The van der Waals surface area contributed by atoms with E-state index in [4.69, 9.17) is 18.9 Å². The minimum absolute atomic E-state index is 0.121. The molecule has 2 saturated heterocycles. The number of benzene rings is 2. The van der Waals surface area contributed by atoms with E-state index in [1.165, 1.54) is 25.8 Å². The maximum absolute atomic E-state index is 15.0. The highest BCUT2D eigenvalue weighted by Crippen LogP contribution is 2.40. The van der Waals surface area contributed by atoms with E-state index in [2.05, 4.69) is 30.7 Å². The molecule has 5 heterocycles. The van der Waals surface area contributed by atoms with Crippen LogP contribution >= 0.6 is 0 Å². The Labute approximate surface area is 269 Å². The molecule has 1 amide bonds. The lowest BCUT2D eigenvalue weighted by Crippen LogP contribution is -2.38. The van der Waals surface area contributed by atoms with Crippen molar-refractivity contribution < 1.29 is 28.1 Å². The molecule has 0 spiro atoms. The Hall–Kier alpha value is -5.34. The van der Waals surface area contributed by atoms with Gasteiger partial charge in [-0.1, -0.05) is 0 Å². The molecule has 2 aliphatic rings. The molecule has 47 heavy (non-hydrogen) atoms. The summed E-state index contributed by atoms with van der Waals surface area (Å²) >= 11 is 0. The Kier molecular flexibility index (Phi) is 8.26. The fraction of sp³-hybridized carbons (Fsp3) is 0.303. The summed E-state index contributed by atoms with van der Waals surface area (Å²) in [5.74, 6) is 0.778. The second-order valence-electron chi connectivity index (χ2n) is 11.5. The van der Waals surface area contributed by atoms with Crippen LogP contribution in [0.2, 0.25) is 0 Å². The predicted molar refractivity (Wildman–Crippen MR) is 172 cm³/mol. The second kappa shape index (κ2) is 12.8. The Morgan fingerprint density at radius 2 is 1.94 bits per heavy atom. The zero-order valence-electron chi connectivity index (χ0n) is 26.1. The average molecular weight is 641 g/mol. The molecule has 2 aromatic carbocycles. The lowest BCUT2D eigenvalue weighted by Gasteiger charge is -2.28. The SMILES string of the molecule is COc1cc2ncnc(Nc3cc(C)c(Oc4ccn5ncnc5c4)cc3OC3COC3)c2cc1NC(=O)/C(F)=C\[C@H]1CCCN1C. The molecule has 3 aromatic heterocycles. The molecule has 2 N–H and O–H groups in total. The molecule has 242 valence electrons. The minimum atomic E-state index is -0.859. The number of ether oxygens (including phenoxy) is 4. The molecule has 2 fully saturated rings. The lowest BCUT2D eigenvalue weighted by molar-refractivity contribution is -0.114. The lowest BCUT2D eigenvalue weighted by atomic mass is 10.1. The standard InChI is InChI=1S/C33H33FN8O5/c1-19-9-26(30(47-22-15-45-16-22)14-28(19)46-21-6-8-42-31(11-21)36-18-38-42)39-32-23-12-27(29(44-3)13-25(23)35-17-37-32)40-33(43)24(34)10-20-5-4-7-41(20)2/h6,8-14,17-18,20,22H,4-5,7,15-16H2,1-3H3,(H,40,43)(H,35,37,39)/b24-10+/t20-/m1/s1. The van der Waals surface area contributed by atoms with Gasteiger partial charge in [-0.05, 0) is 63.2 Å². The third-order valence-electron chi connectivity index (χ3n) is 8.25. The summed E-state index contributed by atoms with van der Waals surface area (Å²) in [4.78, 5) is 28.0. The Bertz CT molecular complexity index is 2000. The number of aromatic nitrogens is 5. The van der Waals surface area contributed by atoms with Crippen LogP contribution in [0.25, 0.3) is 16.6 Å². The number of anilines is 3. The molecule has 1 atom stereocenters. The van der Waals surface area contributed by atoms with Crippen molar-refractivity contribution in [2.24, 2.45) is 0 Å². The van der Waals surface area contributed by atoms with Gasteiger partial charge in [0.15, 0.2) is 11.5 Å². The highest BCUT2D eigenvalue weighted by molar-refractivity contribution is 6.05. The van der Waals surface area contributed by atoms with Crippen LogP contribution < -0.4 is 24.8 Å². The van der Waals surface area contributed by atoms with E-state index in [0.29, 0.717) is 64.3 Å². The van der Waals surface area contributed by atoms with Gasteiger partial charge in [0.1, 0.15) is 47.6 Å². The van der Waals surface area contributed by atoms with Gasteiger partial charge in [-0.15, -0.1) is 0 Å². The molecule has 5 aromatic rings. The van der Waals surface area contributed by atoms with Gasteiger partial charge in [0.05, 0.1) is 37.2 Å². The molecule has 0 radical (unpaired) electrons. The molecule has 7 rings (SSSR count). The first kappa shape index (κ1) is 30.3. The first-order valence-electron chi connectivity index (χ1n) is 15.2. The summed E-state index contributed by atoms with van der Waals surface area (Å²) in [6.45, 7) is 3.72. The van der Waals surface area contributed by atoms with Crippen LogP contribution in [0.1, 0.15) is 18.4 Å². The number of methoxy groups -OCH3 is 1. The molecule has 13 nitrogen and oxygen atoms in total. The number of hydrogen-bond donors (Lipinski definition) is 2. The number of fused-ring (bicyclic) bond motifs is 2. The maximum Gasteiger partial charge on any atom is 0.284 e. The van der Waals surface area contributed by atoms with Crippen LogP contribution in [-0.2, 0) is 9.53 Å². The first-order valence-corrected chi connectivity index (χ1v) is 15.2. The van der Waals surface area contributed by atoms with Crippen molar-refractivity contribution in [2.45, 2.75) is 31.9 Å². The summed E-state index contributed by atoms with van der Waals surface area (Å²) in [7, 11) is 3.39. The van der Waals surface area contributed by atoms with Crippen molar-refractivity contribution in [1.29, 1.82) is 0 Å². The number of rotatable bonds is 10. The normalized spacial score (nSPS) is 17.1. The summed E-state index contributed by atoms with van der Waals surface area (Å²) in [6.07, 6.45) is 7.67. The highest BCUT2D eigenvalue weighted by Gasteiger charge is 2.24. The number of likely N-dealkylation sites (tertiary alicyclic amines) is 1. The topological polar surface area (TPSA) is 137 Å². The third kappa shape index (κ3) is 6.37. The van der Waals surface area contributed by atoms with Crippen LogP contribution in [0, 0.1) is 6.92 Å². The molecular formula is C33H33FN8O5. The largest absolute Gasteiger partial charge is 0.494 e. The van der Waals surface area contributed by atoms with Crippen LogP contribution in [0.15, 0.2) is 67.2 Å². The van der Waals surface area contributed by atoms with Gasteiger partial charge in [0.2, 0.25) is 0 Å². The van der Waals surface area contributed by atoms with Crippen molar-refractivity contribution in [2.75, 3.05) is 44.5 Å². The van der Waals surface area contributed by atoms with Crippen molar-refractivity contribution in [3.05, 3.63) is 72.7 Å². The molecule has 0 bridgehead atoms. The van der Waals surface area contributed by atoms with E-state index in [1.807, 2.05) is 31.0 Å². The Morgan fingerprint density at radius 3 is 2.70 bits per heavy atom. The van der Waals surface area contributed by atoms with Gasteiger partial charge in [-0.3, -0.25) is 9.69 Å². The smallest absolute Gasteiger partial charge is 0.284 e. The third-order valence-corrected chi connectivity index (χ3v) is 8.25. The quantitative estimate of drug-likeness (QED) is 0.195. The minimum Gasteiger partial charge on any atom is -0.494 e. The second-order valence-corrected chi connectivity index (χ2v) is 11.5. The van der Waals surface area contributed by atoms with E-state index in [9.17, 15) is 9.18 Å². The van der Waals surface area contributed by atoms with Gasteiger partial charge < -0.3 is 29.6 Å². The number of aryl methyl sites for hydroxylation is 1. The zero-order valence-corrected chi connectivity index (χ0v) is 26.1. The van der Waals surface area contributed by atoms with E-state index in [-0.39, 0.29) is 17.8 Å². The molecule has 2 aliphatic heterocycles. The zero-order chi connectivity index (χ0) is 32.5. The van der Waals surface area contributed by atoms with Gasteiger partial charge in [0, 0.05) is 35.8 Å². The van der Waals surface area contributed by atoms with Crippen molar-refractivity contribution >= 4 is 39.6 Å². The molecule has 0 saturated carbocycles. The number of carbonyl (C=O) groups is 1. The van der Waals surface area contributed by atoms with Crippen molar-refractivity contribution in [3.63, 3.8) is 0 Å². The van der Waals surface area contributed by atoms with Gasteiger partial charge >= 0.3 is 0 Å². The molecule has 0 aliphatic carbocycles. The maximum atomic E-state index is 15.0. The molecular weight excluding hydrogens is 607 g/mol. The first-order chi connectivity index (χ1) is 22.8. The summed E-state index contributed by atoms with van der Waals surface area (Å²) in [5.41, 5.74) is 2.94. The number of carbonyl (C=O) groups excluding carboxylic acids is 1. The van der Waals surface area contributed by atoms with Gasteiger partial charge in [-0.25, -0.2) is 23.9 Å². The highest BCUT2D eigenvalue weighted by atomic mass is 19.1. The number of hydrogen-bond acceptors (Lipinski definition) is 11. The number of amides is 1. The van der Waals surface area contributed by atoms with E-state index in [0.717, 1.165) is 24.9 Å². The van der Waals surface area contributed by atoms with E-state index < -0.39 is 11.7 Å². The Morgan fingerprint density at radius 1 is 1.06 bits per heavy atom. The average Bonchev–Trinajstić information content (AvgIpc) is 3.68. The number of nitrogens with one attached hydrogen (secondary N) is 2. The van der Waals surface area contributed by atoms with Gasteiger partial charge in [-0.2, -0.15) is 5.10 Å². The van der Waals surface area contributed by atoms with Crippen LogP contribution in [-0.4, -0.2) is 81.4 Å². The monoisotopic (exact) mass is 640 g/mol. The number of nitrogens with zero attached hydrogens (tertiary/aromatic N) is 6. The summed E-state index contributed by atoms with van der Waals surface area (Å²) in [6, 6.07) is 10.5. The summed E-state index contributed by atoms with van der Waals surface area (Å²) in [5, 5.41) is 10.7. The number of likely N-dealkylation sites (N-methyl/N-ethyl adjacent to an activating group) is 1. The fourth-order valence-corrected chi connectivity index (χ4v) is 5.57. The number of pyridine rings is 1. The summed E-state index contributed by atoms with van der Waals surface area (Å²) < 4.78 is 40.0. The predicted octanol–water partition coefficient (Wildman–Crippen LogP) is 5.19. The molecule has 0 unspecified atom stereocenters. The van der Waals surface area contributed by atoms with E-state index in [1.54, 1.807) is 35.0 Å². The van der Waals surface area contributed by atoms with Crippen LogP contribution in [0.4, 0.5) is 21.6 Å². The van der Waals surface area contributed by atoms with Crippen molar-refractivity contribution in [1.82, 2.24) is 29.5 Å². The number of halogens is 1. The van der Waals surface area contributed by atoms with E-state index >= 15 is 0 Å². The van der Waals surface area contributed by atoms with Crippen molar-refractivity contribution in [3.8, 4) is 23.0 Å². The molecule has 14 heteroatoms. The van der Waals surface area contributed by atoms with Crippen LogP contribution in [0.5, 0.6) is 23.0 Å².